The van der Waals surface area contributed by atoms with Crippen molar-refractivity contribution in [1.82, 2.24) is 9.38 Å². The van der Waals surface area contributed by atoms with Crippen molar-refractivity contribution in [3.8, 4) is 17.0 Å². The van der Waals surface area contributed by atoms with E-state index >= 15 is 0 Å². The predicted octanol–water partition coefficient (Wildman–Crippen LogP) is 4.33. The zero-order valence-corrected chi connectivity index (χ0v) is 16.3. The Hall–Kier alpha value is -2.38. The average molecular weight is 386 g/mol. The number of hydrogen-bond donors (Lipinski definition) is 0. The van der Waals surface area contributed by atoms with Crippen LogP contribution in [0.4, 0.5) is 0 Å². The van der Waals surface area contributed by atoms with Gasteiger partial charge in [0.1, 0.15) is 5.75 Å². The molecule has 0 atom stereocenters. The second-order valence-electron chi connectivity index (χ2n) is 6.12. The standard InChI is InChI=1S/C19H18N2O3S2/c1-4-24-14-7-5-13(6-8-14)18-12(2)21-16-10-9-15(26(3,22)23)11-17(16)25-19(21)20-18/h5-11H,4H2,1-3H3. The lowest BCUT2D eigenvalue weighted by Crippen LogP contribution is -1.96. The van der Waals surface area contributed by atoms with E-state index in [2.05, 4.69) is 4.40 Å². The van der Waals surface area contributed by atoms with Crippen LogP contribution in [-0.2, 0) is 9.84 Å². The van der Waals surface area contributed by atoms with E-state index in [9.17, 15) is 8.42 Å². The average Bonchev–Trinajstić information content (AvgIpc) is 3.11. The second kappa shape index (κ2) is 6.10. The maximum Gasteiger partial charge on any atom is 0.195 e. The van der Waals surface area contributed by atoms with Crippen LogP contribution in [0.3, 0.4) is 0 Å². The summed E-state index contributed by atoms with van der Waals surface area (Å²) < 4.78 is 32.1. The molecule has 4 aromatic rings. The smallest absolute Gasteiger partial charge is 0.195 e. The fourth-order valence-electron chi connectivity index (χ4n) is 3.07. The molecule has 0 aliphatic heterocycles. The van der Waals surface area contributed by atoms with Crippen LogP contribution in [0.15, 0.2) is 47.4 Å². The number of fused-ring (bicyclic) bond motifs is 3. The molecule has 0 bridgehead atoms. The fraction of sp³-hybridized carbons (Fsp3) is 0.211. The van der Waals surface area contributed by atoms with E-state index in [4.69, 9.17) is 9.72 Å². The van der Waals surface area contributed by atoms with Gasteiger partial charge in [-0.2, -0.15) is 0 Å². The molecular formula is C19H18N2O3S2. The van der Waals surface area contributed by atoms with Crippen molar-refractivity contribution in [3.05, 3.63) is 48.2 Å². The van der Waals surface area contributed by atoms with Crippen LogP contribution >= 0.6 is 11.3 Å². The highest BCUT2D eigenvalue weighted by molar-refractivity contribution is 7.90. The monoisotopic (exact) mass is 386 g/mol. The molecule has 0 aliphatic carbocycles. The topological polar surface area (TPSA) is 60.7 Å². The highest BCUT2D eigenvalue weighted by Crippen LogP contribution is 2.34. The van der Waals surface area contributed by atoms with Crippen molar-refractivity contribution in [2.45, 2.75) is 18.7 Å². The third-order valence-electron chi connectivity index (χ3n) is 4.32. The van der Waals surface area contributed by atoms with Crippen molar-refractivity contribution >= 4 is 36.4 Å². The summed E-state index contributed by atoms with van der Waals surface area (Å²) in [5, 5.41) is 0. The molecule has 0 amide bonds. The lowest BCUT2D eigenvalue weighted by Gasteiger charge is -2.04. The molecule has 2 heterocycles. The number of aryl methyl sites for hydroxylation is 1. The molecule has 4 rings (SSSR count). The largest absolute Gasteiger partial charge is 0.494 e. The van der Waals surface area contributed by atoms with Gasteiger partial charge < -0.3 is 4.74 Å². The van der Waals surface area contributed by atoms with Gasteiger partial charge in [0.05, 0.1) is 27.4 Å². The first-order valence-corrected chi connectivity index (χ1v) is 10.9. The highest BCUT2D eigenvalue weighted by atomic mass is 32.2. The van der Waals surface area contributed by atoms with Gasteiger partial charge >= 0.3 is 0 Å². The van der Waals surface area contributed by atoms with Gasteiger partial charge in [0.15, 0.2) is 14.8 Å². The summed E-state index contributed by atoms with van der Waals surface area (Å²) in [4.78, 5) is 5.96. The normalized spacial score (nSPS) is 12.1. The third-order valence-corrected chi connectivity index (χ3v) is 6.43. The summed E-state index contributed by atoms with van der Waals surface area (Å²) >= 11 is 1.50. The Bertz CT molecular complexity index is 1220. The minimum atomic E-state index is -3.22. The van der Waals surface area contributed by atoms with Gasteiger partial charge in [0.2, 0.25) is 0 Å². The van der Waals surface area contributed by atoms with E-state index < -0.39 is 9.84 Å². The maximum absolute atomic E-state index is 11.8. The van der Waals surface area contributed by atoms with Crippen molar-refractivity contribution in [1.29, 1.82) is 0 Å². The Morgan fingerprint density at radius 1 is 1.15 bits per heavy atom. The van der Waals surface area contributed by atoms with E-state index in [1.165, 1.54) is 17.6 Å². The second-order valence-corrected chi connectivity index (χ2v) is 9.15. The quantitative estimate of drug-likeness (QED) is 0.524. The lowest BCUT2D eigenvalue weighted by molar-refractivity contribution is 0.340. The van der Waals surface area contributed by atoms with Gasteiger partial charge in [-0.25, -0.2) is 13.4 Å². The first-order valence-electron chi connectivity index (χ1n) is 8.23. The zero-order valence-electron chi connectivity index (χ0n) is 14.7. The first-order chi connectivity index (χ1) is 12.4. The van der Waals surface area contributed by atoms with Crippen LogP contribution in [-0.4, -0.2) is 30.7 Å². The van der Waals surface area contributed by atoms with Crippen LogP contribution in [0.5, 0.6) is 5.75 Å². The molecule has 0 unspecified atom stereocenters. The molecule has 0 spiro atoms. The Labute approximate surface area is 155 Å². The Morgan fingerprint density at radius 3 is 2.54 bits per heavy atom. The Kier molecular flexibility index (Phi) is 4.00. The van der Waals surface area contributed by atoms with Gasteiger partial charge in [-0.1, -0.05) is 11.3 Å². The van der Waals surface area contributed by atoms with E-state index in [0.29, 0.717) is 11.5 Å². The van der Waals surface area contributed by atoms with Crippen LogP contribution in [0.1, 0.15) is 12.6 Å². The number of ether oxygens (including phenoxy) is 1. The van der Waals surface area contributed by atoms with Gasteiger partial charge in [-0.15, -0.1) is 0 Å². The fourth-order valence-corrected chi connectivity index (χ4v) is 4.90. The van der Waals surface area contributed by atoms with Crippen LogP contribution in [0.2, 0.25) is 0 Å². The molecule has 0 saturated heterocycles. The number of benzene rings is 2. The van der Waals surface area contributed by atoms with E-state index in [0.717, 1.165) is 37.9 Å². The molecule has 26 heavy (non-hydrogen) atoms. The van der Waals surface area contributed by atoms with Crippen molar-refractivity contribution in [2.24, 2.45) is 0 Å². The number of imidazole rings is 1. The minimum absolute atomic E-state index is 0.332. The maximum atomic E-state index is 11.8. The number of nitrogens with zero attached hydrogens (tertiary/aromatic N) is 2. The number of thiazole rings is 1. The number of hydrogen-bond acceptors (Lipinski definition) is 5. The molecule has 2 aromatic carbocycles. The van der Waals surface area contributed by atoms with Gasteiger partial charge in [0, 0.05) is 17.5 Å². The van der Waals surface area contributed by atoms with E-state index in [1.807, 2.05) is 44.2 Å². The molecular weight excluding hydrogens is 368 g/mol. The molecule has 0 aliphatic rings. The Balaban J connectivity index is 1.85. The summed E-state index contributed by atoms with van der Waals surface area (Å²) in [6.45, 7) is 4.63. The highest BCUT2D eigenvalue weighted by Gasteiger charge is 2.17. The summed E-state index contributed by atoms with van der Waals surface area (Å²) in [5.41, 5.74) is 3.96. The number of rotatable bonds is 4. The van der Waals surface area contributed by atoms with Gasteiger partial charge in [-0.3, -0.25) is 4.40 Å². The van der Waals surface area contributed by atoms with E-state index in [-0.39, 0.29) is 0 Å². The molecule has 5 nitrogen and oxygen atoms in total. The molecule has 0 N–H and O–H groups in total. The Morgan fingerprint density at radius 2 is 1.88 bits per heavy atom. The van der Waals surface area contributed by atoms with Gasteiger partial charge in [0.25, 0.3) is 0 Å². The number of sulfone groups is 1. The summed E-state index contributed by atoms with van der Waals surface area (Å²) in [6.07, 6.45) is 1.22. The zero-order chi connectivity index (χ0) is 18.5. The molecule has 0 radical (unpaired) electrons. The first kappa shape index (κ1) is 17.1. The molecule has 7 heteroatoms. The molecule has 2 aromatic heterocycles. The minimum Gasteiger partial charge on any atom is -0.494 e. The summed E-state index contributed by atoms with van der Waals surface area (Å²) in [6, 6.07) is 13.1. The predicted molar refractivity (Wildman–Crippen MR) is 105 cm³/mol. The van der Waals surface area contributed by atoms with Crippen molar-refractivity contribution < 1.29 is 13.2 Å². The lowest BCUT2D eigenvalue weighted by atomic mass is 10.1. The SMILES string of the molecule is CCOc1ccc(-c2nc3sc4cc(S(C)(=O)=O)ccc4n3c2C)cc1. The van der Waals surface area contributed by atoms with Crippen molar-refractivity contribution in [3.63, 3.8) is 0 Å². The van der Waals surface area contributed by atoms with Crippen LogP contribution in [0.25, 0.3) is 26.4 Å². The number of aromatic nitrogens is 2. The molecule has 134 valence electrons. The molecule has 0 fully saturated rings. The van der Waals surface area contributed by atoms with Gasteiger partial charge in [-0.05, 0) is 56.3 Å². The van der Waals surface area contributed by atoms with Crippen LogP contribution < -0.4 is 4.74 Å². The third kappa shape index (κ3) is 2.77. The summed E-state index contributed by atoms with van der Waals surface area (Å²) in [5.74, 6) is 0.841. The summed E-state index contributed by atoms with van der Waals surface area (Å²) in [7, 11) is -3.22. The van der Waals surface area contributed by atoms with Crippen molar-refractivity contribution in [2.75, 3.05) is 12.9 Å². The van der Waals surface area contributed by atoms with Crippen LogP contribution in [0, 0.1) is 6.92 Å². The molecule has 0 saturated carbocycles. The van der Waals surface area contributed by atoms with E-state index in [1.54, 1.807) is 12.1 Å².